The first-order chi connectivity index (χ1) is 9.68. The molecule has 0 radical (unpaired) electrons. The molecule has 0 saturated carbocycles. The lowest BCUT2D eigenvalue weighted by Crippen LogP contribution is -2.32. The molecule has 0 saturated heterocycles. The summed E-state index contributed by atoms with van der Waals surface area (Å²) in [5.41, 5.74) is 2.01. The van der Waals surface area contributed by atoms with Crippen molar-refractivity contribution < 1.29 is 14.3 Å². The molecule has 0 N–H and O–H groups in total. The largest absolute Gasteiger partial charge is 0.344 e. The van der Waals surface area contributed by atoms with Crippen molar-refractivity contribution in [1.29, 1.82) is 0 Å². The maximum absolute atomic E-state index is 10.8. The fraction of sp³-hybridized carbons (Fsp3) is 0.235. The van der Waals surface area contributed by atoms with Crippen LogP contribution in [0.2, 0.25) is 0 Å². The van der Waals surface area contributed by atoms with Crippen LogP contribution in [0.1, 0.15) is 11.1 Å². The highest BCUT2D eigenvalue weighted by Gasteiger charge is 2.31. The molecule has 0 heterocycles. The summed E-state index contributed by atoms with van der Waals surface area (Å²) in [6.07, 6.45) is 0.641. The lowest BCUT2D eigenvalue weighted by Gasteiger charge is -2.24. The Labute approximate surface area is 120 Å². The SMILES string of the molecule is COC(C=O)(OC)c1ccccc1.Cc1ccccc1. The van der Waals surface area contributed by atoms with Gasteiger partial charge >= 0.3 is 0 Å². The van der Waals surface area contributed by atoms with E-state index in [4.69, 9.17) is 9.47 Å². The zero-order chi connectivity index (χ0) is 14.8. The highest BCUT2D eigenvalue weighted by atomic mass is 16.7. The monoisotopic (exact) mass is 272 g/mol. The molecular weight excluding hydrogens is 252 g/mol. The number of carbonyl (C=O) groups is 1. The minimum atomic E-state index is -1.26. The summed E-state index contributed by atoms with van der Waals surface area (Å²) >= 11 is 0. The molecule has 0 aliphatic heterocycles. The molecule has 0 aromatic heterocycles. The molecule has 0 bridgehead atoms. The number of benzene rings is 2. The van der Waals surface area contributed by atoms with E-state index in [1.807, 2.05) is 36.4 Å². The molecule has 2 rings (SSSR count). The van der Waals surface area contributed by atoms with Crippen molar-refractivity contribution in [2.45, 2.75) is 12.7 Å². The maximum Gasteiger partial charge on any atom is 0.252 e. The average molecular weight is 272 g/mol. The number of aryl methyl sites for hydroxylation is 1. The van der Waals surface area contributed by atoms with Gasteiger partial charge in [0.05, 0.1) is 0 Å². The van der Waals surface area contributed by atoms with Crippen LogP contribution in [0.4, 0.5) is 0 Å². The summed E-state index contributed by atoms with van der Waals surface area (Å²) in [6.45, 7) is 2.08. The fourth-order valence-corrected chi connectivity index (χ4v) is 1.69. The smallest absolute Gasteiger partial charge is 0.252 e. The number of hydrogen-bond donors (Lipinski definition) is 0. The van der Waals surface area contributed by atoms with Gasteiger partial charge in [0, 0.05) is 19.8 Å². The normalized spacial score (nSPS) is 10.3. The van der Waals surface area contributed by atoms with Gasteiger partial charge in [-0.15, -0.1) is 0 Å². The van der Waals surface area contributed by atoms with E-state index in [0.717, 1.165) is 0 Å². The van der Waals surface area contributed by atoms with Crippen LogP contribution in [-0.2, 0) is 20.1 Å². The van der Waals surface area contributed by atoms with E-state index < -0.39 is 5.79 Å². The molecule has 0 fully saturated rings. The number of ether oxygens (including phenoxy) is 2. The van der Waals surface area contributed by atoms with Crippen LogP contribution in [0, 0.1) is 6.92 Å². The van der Waals surface area contributed by atoms with Crippen molar-refractivity contribution in [2.75, 3.05) is 14.2 Å². The summed E-state index contributed by atoms with van der Waals surface area (Å²) in [6, 6.07) is 19.3. The first-order valence-corrected chi connectivity index (χ1v) is 6.32. The first kappa shape index (κ1) is 16.1. The molecule has 0 aliphatic rings. The predicted octanol–water partition coefficient (Wildman–Crippen LogP) is 3.33. The summed E-state index contributed by atoms with van der Waals surface area (Å²) < 4.78 is 10.1. The van der Waals surface area contributed by atoms with E-state index in [2.05, 4.69) is 19.1 Å². The van der Waals surface area contributed by atoms with Gasteiger partial charge in [-0.1, -0.05) is 66.2 Å². The number of aldehydes is 1. The summed E-state index contributed by atoms with van der Waals surface area (Å²) in [5.74, 6) is -1.26. The molecule has 2 aromatic carbocycles. The molecular formula is C17H20O3. The van der Waals surface area contributed by atoms with Gasteiger partial charge in [0.2, 0.25) is 0 Å². The lowest BCUT2D eigenvalue weighted by atomic mass is 10.1. The number of methoxy groups -OCH3 is 2. The van der Waals surface area contributed by atoms with Crippen molar-refractivity contribution in [1.82, 2.24) is 0 Å². The highest BCUT2D eigenvalue weighted by Crippen LogP contribution is 2.22. The fourth-order valence-electron chi connectivity index (χ4n) is 1.69. The van der Waals surface area contributed by atoms with Gasteiger partial charge in [0.1, 0.15) is 0 Å². The maximum atomic E-state index is 10.8. The van der Waals surface area contributed by atoms with Gasteiger partial charge in [-0.05, 0) is 6.92 Å². The van der Waals surface area contributed by atoms with Crippen molar-refractivity contribution >= 4 is 6.29 Å². The second kappa shape index (κ2) is 8.25. The molecule has 0 aliphatic carbocycles. The minimum Gasteiger partial charge on any atom is -0.344 e. The second-order valence-corrected chi connectivity index (χ2v) is 4.21. The second-order valence-electron chi connectivity index (χ2n) is 4.21. The van der Waals surface area contributed by atoms with Crippen molar-refractivity contribution in [3.05, 3.63) is 71.8 Å². The highest BCUT2D eigenvalue weighted by molar-refractivity contribution is 5.63. The summed E-state index contributed by atoms with van der Waals surface area (Å²) in [7, 11) is 2.87. The average Bonchev–Trinajstić information content (AvgIpc) is 2.52. The molecule has 0 atom stereocenters. The minimum absolute atomic E-state index is 0.641. The molecule has 3 nitrogen and oxygen atoms in total. The Balaban J connectivity index is 0.000000240. The Morgan fingerprint density at radius 3 is 1.60 bits per heavy atom. The quantitative estimate of drug-likeness (QED) is 0.632. The van der Waals surface area contributed by atoms with E-state index in [0.29, 0.717) is 11.8 Å². The number of carbonyl (C=O) groups excluding carboxylic acids is 1. The van der Waals surface area contributed by atoms with Crippen molar-refractivity contribution in [3.8, 4) is 0 Å². The Morgan fingerprint density at radius 2 is 1.30 bits per heavy atom. The van der Waals surface area contributed by atoms with Crippen LogP contribution in [0.15, 0.2) is 60.7 Å². The Morgan fingerprint density at radius 1 is 0.850 bits per heavy atom. The third kappa shape index (κ3) is 4.30. The Bertz CT molecular complexity index is 490. The number of hydrogen-bond acceptors (Lipinski definition) is 3. The van der Waals surface area contributed by atoms with Gasteiger partial charge < -0.3 is 9.47 Å². The third-order valence-electron chi connectivity index (χ3n) is 2.88. The van der Waals surface area contributed by atoms with Crippen LogP contribution >= 0.6 is 0 Å². The van der Waals surface area contributed by atoms with Crippen LogP contribution in [0.25, 0.3) is 0 Å². The van der Waals surface area contributed by atoms with Crippen molar-refractivity contribution in [2.24, 2.45) is 0 Å². The van der Waals surface area contributed by atoms with Crippen LogP contribution in [0.3, 0.4) is 0 Å². The molecule has 0 unspecified atom stereocenters. The zero-order valence-corrected chi connectivity index (χ0v) is 12.1. The topological polar surface area (TPSA) is 35.5 Å². The standard InChI is InChI=1S/C10H12O3.C7H8/c1-12-10(8-11,13-2)9-6-4-3-5-7-9;1-7-5-3-2-4-6-7/h3-8H,1-2H3;2-6H,1H3. The molecule has 20 heavy (non-hydrogen) atoms. The van der Waals surface area contributed by atoms with E-state index in [-0.39, 0.29) is 0 Å². The van der Waals surface area contributed by atoms with Gasteiger partial charge in [-0.25, -0.2) is 0 Å². The Kier molecular flexibility index (Phi) is 6.64. The zero-order valence-electron chi connectivity index (χ0n) is 12.1. The van der Waals surface area contributed by atoms with Gasteiger partial charge in [0.15, 0.2) is 6.29 Å². The van der Waals surface area contributed by atoms with Gasteiger partial charge in [-0.3, -0.25) is 4.79 Å². The molecule has 0 spiro atoms. The summed E-state index contributed by atoms with van der Waals surface area (Å²) in [4.78, 5) is 10.8. The molecule has 2 aromatic rings. The predicted molar refractivity (Wildman–Crippen MR) is 79.4 cm³/mol. The molecule has 0 amide bonds. The third-order valence-corrected chi connectivity index (χ3v) is 2.88. The van der Waals surface area contributed by atoms with Crippen LogP contribution < -0.4 is 0 Å². The lowest BCUT2D eigenvalue weighted by molar-refractivity contribution is -0.201. The van der Waals surface area contributed by atoms with Crippen LogP contribution in [0.5, 0.6) is 0 Å². The van der Waals surface area contributed by atoms with Crippen molar-refractivity contribution in [3.63, 3.8) is 0 Å². The number of rotatable bonds is 4. The van der Waals surface area contributed by atoms with Gasteiger partial charge in [-0.2, -0.15) is 0 Å². The Hall–Kier alpha value is -1.97. The van der Waals surface area contributed by atoms with Crippen LogP contribution in [-0.4, -0.2) is 20.5 Å². The van der Waals surface area contributed by atoms with E-state index >= 15 is 0 Å². The molecule has 3 heteroatoms. The van der Waals surface area contributed by atoms with E-state index in [9.17, 15) is 4.79 Å². The molecule has 106 valence electrons. The first-order valence-electron chi connectivity index (χ1n) is 6.32. The van der Waals surface area contributed by atoms with E-state index in [1.165, 1.54) is 19.8 Å². The summed E-state index contributed by atoms with van der Waals surface area (Å²) in [5, 5.41) is 0. The van der Waals surface area contributed by atoms with E-state index in [1.54, 1.807) is 12.1 Å². The van der Waals surface area contributed by atoms with Gasteiger partial charge in [0.25, 0.3) is 5.79 Å².